The monoisotopic (exact) mass is 277 g/mol. The minimum absolute atomic E-state index is 0.0235. The third kappa shape index (κ3) is 3.49. The van der Waals surface area contributed by atoms with Crippen molar-refractivity contribution in [2.45, 2.75) is 45.6 Å². The molecule has 6 heteroatoms. The number of nitrogens with two attached hydrogens (primary N) is 1. The SMILES string of the molecule is CC(C)Oc1nc(N)nc(NCC(C2CC2)C2CC2)n1. The average molecular weight is 277 g/mol. The van der Waals surface area contributed by atoms with E-state index in [4.69, 9.17) is 10.5 Å². The van der Waals surface area contributed by atoms with Gasteiger partial charge in [-0.1, -0.05) is 0 Å². The number of nitrogens with zero attached hydrogens (tertiary/aromatic N) is 3. The molecule has 2 fully saturated rings. The van der Waals surface area contributed by atoms with Crippen molar-refractivity contribution in [2.24, 2.45) is 17.8 Å². The van der Waals surface area contributed by atoms with Gasteiger partial charge in [-0.2, -0.15) is 15.0 Å². The van der Waals surface area contributed by atoms with E-state index in [1.807, 2.05) is 13.8 Å². The van der Waals surface area contributed by atoms with E-state index >= 15 is 0 Å². The Morgan fingerprint density at radius 2 is 1.80 bits per heavy atom. The van der Waals surface area contributed by atoms with Crippen LogP contribution in [-0.4, -0.2) is 27.6 Å². The molecule has 0 spiro atoms. The number of nitrogens with one attached hydrogen (secondary N) is 1. The van der Waals surface area contributed by atoms with Crippen LogP contribution in [0.5, 0.6) is 6.01 Å². The van der Waals surface area contributed by atoms with Gasteiger partial charge in [0.1, 0.15) is 0 Å². The molecule has 0 aromatic carbocycles. The number of anilines is 2. The van der Waals surface area contributed by atoms with Crippen LogP contribution in [0, 0.1) is 17.8 Å². The molecule has 6 nitrogen and oxygen atoms in total. The predicted octanol–water partition coefficient (Wildman–Crippen LogP) is 2.09. The highest BCUT2D eigenvalue weighted by Crippen LogP contribution is 2.49. The molecule has 2 saturated carbocycles. The largest absolute Gasteiger partial charge is 0.461 e. The zero-order chi connectivity index (χ0) is 14.1. The van der Waals surface area contributed by atoms with Crippen molar-refractivity contribution >= 4 is 11.9 Å². The van der Waals surface area contributed by atoms with Gasteiger partial charge in [0.15, 0.2) is 0 Å². The third-order valence-corrected chi connectivity index (χ3v) is 3.92. The quantitative estimate of drug-likeness (QED) is 0.793. The second-order valence-electron chi connectivity index (χ2n) is 6.19. The summed E-state index contributed by atoms with van der Waals surface area (Å²) < 4.78 is 5.48. The van der Waals surface area contributed by atoms with Crippen molar-refractivity contribution in [1.29, 1.82) is 0 Å². The first kappa shape index (κ1) is 13.4. The van der Waals surface area contributed by atoms with Crippen molar-refractivity contribution in [3.05, 3.63) is 0 Å². The fraction of sp³-hybridized carbons (Fsp3) is 0.786. The molecule has 0 aliphatic heterocycles. The van der Waals surface area contributed by atoms with Crippen LogP contribution in [0.1, 0.15) is 39.5 Å². The van der Waals surface area contributed by atoms with Crippen molar-refractivity contribution in [1.82, 2.24) is 15.0 Å². The van der Waals surface area contributed by atoms with Gasteiger partial charge in [0.05, 0.1) is 6.10 Å². The van der Waals surface area contributed by atoms with E-state index in [9.17, 15) is 0 Å². The summed E-state index contributed by atoms with van der Waals surface area (Å²) in [5.41, 5.74) is 5.70. The second-order valence-corrected chi connectivity index (χ2v) is 6.19. The van der Waals surface area contributed by atoms with Crippen LogP contribution in [0.15, 0.2) is 0 Å². The molecule has 0 bridgehead atoms. The molecule has 2 aliphatic rings. The topological polar surface area (TPSA) is 86.0 Å². The van der Waals surface area contributed by atoms with Gasteiger partial charge in [0.2, 0.25) is 11.9 Å². The Bertz CT molecular complexity index is 459. The smallest absolute Gasteiger partial charge is 0.323 e. The zero-order valence-corrected chi connectivity index (χ0v) is 12.2. The summed E-state index contributed by atoms with van der Waals surface area (Å²) in [5, 5.41) is 3.32. The lowest BCUT2D eigenvalue weighted by atomic mass is 9.98. The number of ether oxygens (including phenoxy) is 1. The molecule has 0 saturated heterocycles. The number of nitrogen functional groups attached to an aromatic ring is 1. The summed E-state index contributed by atoms with van der Waals surface area (Å²) in [5.74, 6) is 3.30. The fourth-order valence-electron chi connectivity index (χ4n) is 2.69. The lowest BCUT2D eigenvalue weighted by molar-refractivity contribution is 0.222. The first-order valence-electron chi connectivity index (χ1n) is 7.54. The molecule has 1 aromatic heterocycles. The van der Waals surface area contributed by atoms with Crippen molar-refractivity contribution < 1.29 is 4.74 Å². The van der Waals surface area contributed by atoms with Crippen LogP contribution in [0.25, 0.3) is 0 Å². The zero-order valence-electron chi connectivity index (χ0n) is 12.2. The van der Waals surface area contributed by atoms with Crippen LogP contribution in [0.4, 0.5) is 11.9 Å². The lowest BCUT2D eigenvalue weighted by Crippen LogP contribution is -2.20. The number of hydrogen-bond donors (Lipinski definition) is 2. The fourth-order valence-corrected chi connectivity index (χ4v) is 2.69. The molecule has 0 radical (unpaired) electrons. The number of rotatable bonds is 7. The van der Waals surface area contributed by atoms with Crippen LogP contribution in [-0.2, 0) is 0 Å². The Labute approximate surface area is 119 Å². The van der Waals surface area contributed by atoms with Crippen LogP contribution >= 0.6 is 0 Å². The second kappa shape index (κ2) is 5.42. The summed E-state index contributed by atoms with van der Waals surface area (Å²) in [6, 6.07) is 0.296. The molecule has 2 aliphatic carbocycles. The maximum Gasteiger partial charge on any atom is 0.323 e. The normalized spacial score (nSPS) is 18.6. The summed E-state index contributed by atoms with van der Waals surface area (Å²) >= 11 is 0. The van der Waals surface area contributed by atoms with Crippen LogP contribution in [0.3, 0.4) is 0 Å². The van der Waals surface area contributed by atoms with Crippen molar-refractivity contribution in [3.63, 3.8) is 0 Å². The van der Waals surface area contributed by atoms with E-state index in [0.717, 1.165) is 24.3 Å². The van der Waals surface area contributed by atoms with E-state index in [2.05, 4.69) is 20.3 Å². The van der Waals surface area contributed by atoms with Gasteiger partial charge in [0.25, 0.3) is 0 Å². The number of aromatic nitrogens is 3. The standard InChI is InChI=1S/C14H23N5O/c1-8(2)20-14-18-12(15)17-13(19-14)16-7-11(9-3-4-9)10-5-6-10/h8-11H,3-7H2,1-2H3,(H3,15,16,17,18,19). The van der Waals surface area contributed by atoms with Gasteiger partial charge in [-0.15, -0.1) is 0 Å². The van der Waals surface area contributed by atoms with Crippen molar-refractivity contribution in [3.8, 4) is 6.01 Å². The molecule has 0 unspecified atom stereocenters. The minimum atomic E-state index is 0.0235. The van der Waals surface area contributed by atoms with Gasteiger partial charge >= 0.3 is 6.01 Å². The Balaban J connectivity index is 1.62. The van der Waals surface area contributed by atoms with E-state index in [1.54, 1.807) is 0 Å². The van der Waals surface area contributed by atoms with E-state index in [1.165, 1.54) is 25.7 Å². The van der Waals surface area contributed by atoms with Gasteiger partial charge in [-0.25, -0.2) is 0 Å². The van der Waals surface area contributed by atoms with Crippen LogP contribution < -0.4 is 15.8 Å². The molecule has 1 heterocycles. The molecule has 3 N–H and O–H groups in total. The first-order valence-corrected chi connectivity index (χ1v) is 7.54. The molecule has 0 amide bonds. The average Bonchev–Trinajstić information content (AvgIpc) is 3.23. The maximum absolute atomic E-state index is 5.70. The maximum atomic E-state index is 5.70. The molecule has 20 heavy (non-hydrogen) atoms. The highest BCUT2D eigenvalue weighted by atomic mass is 16.5. The highest BCUT2D eigenvalue weighted by molar-refractivity contribution is 5.32. The Morgan fingerprint density at radius 1 is 1.15 bits per heavy atom. The van der Waals surface area contributed by atoms with E-state index in [-0.39, 0.29) is 12.1 Å². The number of hydrogen-bond acceptors (Lipinski definition) is 6. The lowest BCUT2D eigenvalue weighted by Gasteiger charge is -2.16. The third-order valence-electron chi connectivity index (χ3n) is 3.92. The summed E-state index contributed by atoms with van der Waals surface area (Å²) in [6.07, 6.45) is 5.54. The van der Waals surface area contributed by atoms with E-state index < -0.39 is 0 Å². The van der Waals surface area contributed by atoms with Gasteiger partial charge in [0, 0.05) is 6.54 Å². The van der Waals surface area contributed by atoms with Gasteiger partial charge in [-0.05, 0) is 57.3 Å². The molecular weight excluding hydrogens is 254 g/mol. The Morgan fingerprint density at radius 3 is 2.35 bits per heavy atom. The highest BCUT2D eigenvalue weighted by Gasteiger charge is 2.41. The van der Waals surface area contributed by atoms with Gasteiger partial charge < -0.3 is 15.8 Å². The minimum Gasteiger partial charge on any atom is -0.461 e. The summed E-state index contributed by atoms with van der Waals surface area (Å²) in [6.45, 7) is 4.80. The first-order chi connectivity index (χ1) is 9.61. The Hall–Kier alpha value is -1.59. The van der Waals surface area contributed by atoms with E-state index in [0.29, 0.717) is 12.0 Å². The van der Waals surface area contributed by atoms with Crippen LogP contribution in [0.2, 0.25) is 0 Å². The van der Waals surface area contributed by atoms with Crippen molar-refractivity contribution in [2.75, 3.05) is 17.6 Å². The summed E-state index contributed by atoms with van der Waals surface area (Å²) in [7, 11) is 0. The molecular formula is C14H23N5O. The molecule has 3 rings (SSSR count). The summed E-state index contributed by atoms with van der Waals surface area (Å²) in [4.78, 5) is 12.4. The molecule has 0 atom stereocenters. The Kier molecular flexibility index (Phi) is 3.63. The van der Waals surface area contributed by atoms with Gasteiger partial charge in [-0.3, -0.25) is 0 Å². The molecule has 110 valence electrons. The molecule has 1 aromatic rings. The predicted molar refractivity (Wildman–Crippen MR) is 77.4 cm³/mol.